The number of aliphatic imine (C=N–C) groups is 1. The molecule has 102 valence electrons. The Morgan fingerprint density at radius 3 is 3.00 bits per heavy atom. The topological polar surface area (TPSA) is 50.5 Å². The molecular formula is C14H14N4OS. The lowest BCUT2D eigenvalue weighted by molar-refractivity contribution is -0.128. The molecule has 20 heavy (non-hydrogen) atoms. The first-order chi connectivity index (χ1) is 9.75. The van der Waals surface area contributed by atoms with E-state index >= 15 is 0 Å². The molecule has 1 aromatic rings. The van der Waals surface area contributed by atoms with Gasteiger partial charge in [-0.15, -0.1) is 0 Å². The number of imidazole rings is 1. The van der Waals surface area contributed by atoms with E-state index in [4.69, 9.17) is 12.2 Å². The highest BCUT2D eigenvalue weighted by Gasteiger charge is 2.33. The molecule has 0 N–H and O–H groups in total. The zero-order valence-electron chi connectivity index (χ0n) is 10.8. The number of amides is 1. The van der Waals surface area contributed by atoms with Crippen LogP contribution in [0.1, 0.15) is 6.42 Å². The third kappa shape index (κ3) is 2.46. The molecule has 0 aromatic carbocycles. The molecule has 1 amide bonds. The highest BCUT2D eigenvalue weighted by Crippen LogP contribution is 2.19. The molecule has 3 rings (SSSR count). The molecule has 0 saturated heterocycles. The number of fused-ring (bicyclic) bond motifs is 1. The van der Waals surface area contributed by atoms with Crippen molar-refractivity contribution in [3.05, 3.63) is 43.0 Å². The summed E-state index contributed by atoms with van der Waals surface area (Å²) in [5.74, 6) is -0.258. The van der Waals surface area contributed by atoms with Crippen molar-refractivity contribution < 1.29 is 4.79 Å². The molecule has 0 saturated carbocycles. The number of carbonyl (C=O) groups excluding carboxylic acids is 1. The first-order valence-corrected chi connectivity index (χ1v) is 6.91. The third-order valence-corrected chi connectivity index (χ3v) is 3.66. The van der Waals surface area contributed by atoms with Gasteiger partial charge < -0.3 is 4.57 Å². The average Bonchev–Trinajstić information content (AvgIpc) is 2.96. The highest BCUT2D eigenvalue weighted by molar-refractivity contribution is 7.80. The van der Waals surface area contributed by atoms with Crippen LogP contribution in [0.2, 0.25) is 0 Å². The van der Waals surface area contributed by atoms with Crippen molar-refractivity contribution in [2.75, 3.05) is 6.54 Å². The Kier molecular flexibility index (Phi) is 3.56. The summed E-state index contributed by atoms with van der Waals surface area (Å²) in [6.45, 7) is 1.39. The molecule has 2 heterocycles. The van der Waals surface area contributed by atoms with Crippen LogP contribution < -0.4 is 0 Å². The van der Waals surface area contributed by atoms with Crippen molar-refractivity contribution in [2.24, 2.45) is 10.9 Å². The van der Waals surface area contributed by atoms with Gasteiger partial charge in [-0.3, -0.25) is 9.69 Å². The minimum Gasteiger partial charge on any atom is -0.337 e. The van der Waals surface area contributed by atoms with Crippen LogP contribution in [0, 0.1) is 5.92 Å². The second-order valence-electron chi connectivity index (χ2n) is 4.68. The van der Waals surface area contributed by atoms with Gasteiger partial charge in [-0.05, 0) is 24.7 Å². The van der Waals surface area contributed by atoms with E-state index in [1.165, 1.54) is 0 Å². The van der Waals surface area contributed by atoms with Gasteiger partial charge in [0.2, 0.25) is 11.0 Å². The van der Waals surface area contributed by atoms with Crippen molar-refractivity contribution in [2.45, 2.75) is 13.0 Å². The van der Waals surface area contributed by atoms with Gasteiger partial charge >= 0.3 is 0 Å². The van der Waals surface area contributed by atoms with Gasteiger partial charge in [0.25, 0.3) is 0 Å². The quantitative estimate of drug-likeness (QED) is 0.790. The maximum Gasteiger partial charge on any atom is 0.241 e. The van der Waals surface area contributed by atoms with E-state index in [0.717, 1.165) is 18.7 Å². The first kappa shape index (κ1) is 12.9. The summed E-state index contributed by atoms with van der Waals surface area (Å²) < 4.78 is 1.98. The molecule has 2 aliphatic rings. The number of hydrogen-bond donors (Lipinski definition) is 0. The number of rotatable bonds is 4. The highest BCUT2D eigenvalue weighted by atomic mass is 32.1. The number of carbonyl (C=O) groups is 1. The molecule has 5 nitrogen and oxygen atoms in total. The van der Waals surface area contributed by atoms with Crippen molar-refractivity contribution in [1.82, 2.24) is 14.5 Å². The molecule has 0 bridgehead atoms. The minimum absolute atomic E-state index is 0.0197. The van der Waals surface area contributed by atoms with Crippen molar-refractivity contribution in [1.29, 1.82) is 0 Å². The van der Waals surface area contributed by atoms with Crippen LogP contribution in [0.15, 0.2) is 48.0 Å². The van der Waals surface area contributed by atoms with Gasteiger partial charge in [0.1, 0.15) is 0 Å². The van der Waals surface area contributed by atoms with Crippen LogP contribution in [0.5, 0.6) is 0 Å². The monoisotopic (exact) mass is 286 g/mol. The fourth-order valence-corrected chi connectivity index (χ4v) is 2.60. The van der Waals surface area contributed by atoms with Crippen LogP contribution in [0.3, 0.4) is 0 Å². The van der Waals surface area contributed by atoms with Crippen molar-refractivity contribution in [3.63, 3.8) is 0 Å². The third-order valence-electron chi connectivity index (χ3n) is 3.35. The molecule has 1 atom stereocenters. The van der Waals surface area contributed by atoms with Crippen LogP contribution >= 0.6 is 12.2 Å². The lowest BCUT2D eigenvalue weighted by atomic mass is 9.95. The standard InChI is InChI=1S/C14H14N4OS/c19-13-11-4-1-2-5-12(11)16-14(20)18(13)8-3-7-17-9-6-15-10-17/h1-2,4-6,9-11H,3,7-8H2. The number of aryl methyl sites for hydroxylation is 1. The fourth-order valence-electron chi connectivity index (χ4n) is 2.32. The summed E-state index contributed by atoms with van der Waals surface area (Å²) in [7, 11) is 0. The van der Waals surface area contributed by atoms with Crippen molar-refractivity contribution >= 4 is 28.9 Å². The van der Waals surface area contributed by atoms with Gasteiger partial charge in [-0.2, -0.15) is 0 Å². The van der Waals surface area contributed by atoms with E-state index in [2.05, 4.69) is 9.98 Å². The van der Waals surface area contributed by atoms with E-state index in [1.54, 1.807) is 17.4 Å². The second-order valence-corrected chi connectivity index (χ2v) is 5.05. The molecule has 1 aliphatic carbocycles. The molecule has 1 aromatic heterocycles. The van der Waals surface area contributed by atoms with Crippen molar-refractivity contribution in [3.8, 4) is 0 Å². The Morgan fingerprint density at radius 1 is 1.30 bits per heavy atom. The predicted molar refractivity (Wildman–Crippen MR) is 80.4 cm³/mol. The summed E-state index contributed by atoms with van der Waals surface area (Å²) in [6.07, 6.45) is 13.7. The molecule has 1 aliphatic heterocycles. The maximum atomic E-state index is 12.4. The molecule has 1 unspecified atom stereocenters. The average molecular weight is 286 g/mol. The molecule has 0 spiro atoms. The Bertz CT molecular complexity index is 615. The first-order valence-electron chi connectivity index (χ1n) is 6.50. The summed E-state index contributed by atoms with van der Waals surface area (Å²) in [6, 6.07) is 0. The van der Waals surface area contributed by atoms with E-state index in [1.807, 2.05) is 35.1 Å². The zero-order valence-corrected chi connectivity index (χ0v) is 11.7. The maximum absolute atomic E-state index is 12.4. The molecule has 6 heteroatoms. The molecular weight excluding hydrogens is 272 g/mol. The van der Waals surface area contributed by atoms with Crippen LogP contribution in [-0.2, 0) is 11.3 Å². The largest absolute Gasteiger partial charge is 0.337 e. The Hall–Kier alpha value is -2.08. The van der Waals surface area contributed by atoms with Crippen LogP contribution in [-0.4, -0.2) is 37.7 Å². The lowest BCUT2D eigenvalue weighted by Gasteiger charge is -2.30. The Labute approximate surface area is 122 Å². The van der Waals surface area contributed by atoms with Gasteiger partial charge in [0.15, 0.2) is 0 Å². The van der Waals surface area contributed by atoms with Gasteiger partial charge in [-0.1, -0.05) is 18.2 Å². The van der Waals surface area contributed by atoms with E-state index in [0.29, 0.717) is 11.7 Å². The van der Waals surface area contributed by atoms with Crippen LogP contribution in [0.25, 0.3) is 0 Å². The minimum atomic E-state index is -0.278. The zero-order chi connectivity index (χ0) is 13.9. The van der Waals surface area contributed by atoms with E-state index < -0.39 is 0 Å². The van der Waals surface area contributed by atoms with Gasteiger partial charge in [0, 0.05) is 25.5 Å². The summed E-state index contributed by atoms with van der Waals surface area (Å²) >= 11 is 5.23. The molecule has 0 radical (unpaired) electrons. The normalized spacial score (nSPS) is 21.1. The number of nitrogens with zero attached hydrogens (tertiary/aromatic N) is 4. The summed E-state index contributed by atoms with van der Waals surface area (Å²) in [4.78, 5) is 22.4. The van der Waals surface area contributed by atoms with Gasteiger partial charge in [-0.25, -0.2) is 9.98 Å². The number of hydrogen-bond acceptors (Lipinski definition) is 3. The van der Waals surface area contributed by atoms with Crippen LogP contribution in [0.4, 0.5) is 0 Å². The number of thiocarbonyl (C=S) groups is 1. The second kappa shape index (κ2) is 5.50. The summed E-state index contributed by atoms with van der Waals surface area (Å²) in [5.41, 5.74) is 0.744. The molecule has 0 fully saturated rings. The van der Waals surface area contributed by atoms with E-state index in [-0.39, 0.29) is 11.8 Å². The Balaban J connectivity index is 1.66. The number of allylic oxidation sites excluding steroid dienone is 3. The predicted octanol–water partition coefficient (Wildman–Crippen LogP) is 1.58. The number of aromatic nitrogens is 2. The summed E-state index contributed by atoms with van der Waals surface area (Å²) in [5, 5.41) is 0.367. The van der Waals surface area contributed by atoms with Gasteiger partial charge in [0.05, 0.1) is 18.0 Å². The Morgan fingerprint density at radius 2 is 2.20 bits per heavy atom. The smallest absolute Gasteiger partial charge is 0.241 e. The SMILES string of the molecule is O=C1C2C=CC=CC2=NC(=S)N1CCCn1ccnc1. The fraction of sp³-hybridized carbons (Fsp3) is 0.286. The lowest BCUT2D eigenvalue weighted by Crippen LogP contribution is -2.46. The van der Waals surface area contributed by atoms with E-state index in [9.17, 15) is 4.79 Å².